The van der Waals surface area contributed by atoms with Crippen LogP contribution in [0, 0.1) is 22.7 Å². The predicted molar refractivity (Wildman–Crippen MR) is 79.9 cm³/mol. The highest BCUT2D eigenvalue weighted by atomic mass is 14.3. The number of nitrogens with zero attached hydrogens (tertiary/aromatic N) is 2. The second-order valence-electron chi connectivity index (χ2n) is 4.48. The van der Waals surface area contributed by atoms with Gasteiger partial charge in [0.15, 0.2) is 0 Å². The monoisotopic (exact) mass is 254 g/mol. The zero-order chi connectivity index (χ0) is 13.9. The van der Waals surface area contributed by atoms with E-state index in [1.54, 1.807) is 0 Å². The van der Waals surface area contributed by atoms with Crippen molar-refractivity contribution >= 4 is 23.3 Å². The van der Waals surface area contributed by atoms with E-state index in [4.69, 9.17) is 0 Å². The van der Waals surface area contributed by atoms with Crippen molar-refractivity contribution in [2.45, 2.75) is 0 Å². The Morgan fingerprint density at radius 1 is 0.600 bits per heavy atom. The van der Waals surface area contributed by atoms with E-state index in [9.17, 15) is 10.5 Å². The first kappa shape index (κ1) is 12.0. The second-order valence-corrected chi connectivity index (χ2v) is 4.48. The third kappa shape index (κ3) is 1.81. The van der Waals surface area contributed by atoms with E-state index in [0.717, 1.165) is 22.3 Å². The van der Waals surface area contributed by atoms with Gasteiger partial charge in [-0.2, -0.15) is 10.5 Å². The maximum absolute atomic E-state index is 9.50. The van der Waals surface area contributed by atoms with Gasteiger partial charge in [0.05, 0.1) is 11.1 Å². The zero-order valence-corrected chi connectivity index (χ0v) is 10.7. The van der Waals surface area contributed by atoms with Crippen molar-refractivity contribution < 1.29 is 0 Å². The van der Waals surface area contributed by atoms with Gasteiger partial charge in [0.1, 0.15) is 12.1 Å². The normalized spacial score (nSPS) is 17.7. The first-order valence-corrected chi connectivity index (χ1v) is 6.26. The van der Waals surface area contributed by atoms with Crippen molar-refractivity contribution in [3.8, 4) is 12.1 Å². The quantitative estimate of drug-likeness (QED) is 0.709. The molecule has 0 bridgehead atoms. The summed E-state index contributed by atoms with van der Waals surface area (Å²) in [5.41, 5.74) is 4.37. The molecule has 2 aromatic rings. The molecule has 0 spiro atoms. The zero-order valence-electron chi connectivity index (χ0n) is 10.7. The molecule has 20 heavy (non-hydrogen) atoms. The Morgan fingerprint density at radius 3 is 1.40 bits per heavy atom. The summed E-state index contributed by atoms with van der Waals surface area (Å²) in [7, 11) is 0. The van der Waals surface area contributed by atoms with Gasteiger partial charge in [0, 0.05) is 11.1 Å². The summed E-state index contributed by atoms with van der Waals surface area (Å²) in [6.07, 6.45) is 3.97. The number of fused-ring (bicyclic) bond motifs is 2. The summed E-state index contributed by atoms with van der Waals surface area (Å²) in [5, 5.41) is 19.0. The van der Waals surface area contributed by atoms with Crippen molar-refractivity contribution in [1.29, 1.82) is 10.5 Å². The van der Waals surface area contributed by atoms with E-state index in [2.05, 4.69) is 12.1 Å². The fourth-order valence-corrected chi connectivity index (χ4v) is 2.42. The molecular weight excluding hydrogens is 244 g/mol. The van der Waals surface area contributed by atoms with Crippen LogP contribution in [0.2, 0.25) is 0 Å². The smallest absolute Gasteiger partial charge is 0.101 e. The van der Waals surface area contributed by atoms with E-state index in [-0.39, 0.29) is 0 Å². The Morgan fingerprint density at radius 2 is 1.00 bits per heavy atom. The molecule has 2 nitrogen and oxygen atoms in total. The molecule has 2 aromatic carbocycles. The van der Waals surface area contributed by atoms with Crippen LogP contribution in [-0.4, -0.2) is 0 Å². The molecule has 1 aliphatic rings. The Kier molecular flexibility index (Phi) is 2.92. The lowest BCUT2D eigenvalue weighted by Crippen LogP contribution is -1.96. The molecular formula is C18H10N2. The maximum atomic E-state index is 9.50. The van der Waals surface area contributed by atoms with Crippen molar-refractivity contribution in [2.24, 2.45) is 0 Å². The summed E-state index contributed by atoms with van der Waals surface area (Å²) < 4.78 is 0. The van der Waals surface area contributed by atoms with Crippen LogP contribution in [0.15, 0.2) is 48.5 Å². The first-order valence-electron chi connectivity index (χ1n) is 6.26. The van der Waals surface area contributed by atoms with E-state index in [1.165, 1.54) is 0 Å². The molecule has 0 saturated carbocycles. The van der Waals surface area contributed by atoms with Crippen LogP contribution in [-0.2, 0) is 0 Å². The molecule has 0 N–H and O–H groups in total. The first-order chi connectivity index (χ1) is 9.85. The van der Waals surface area contributed by atoms with Gasteiger partial charge in [-0.05, 0) is 11.1 Å². The lowest BCUT2D eigenvalue weighted by molar-refractivity contribution is 1.48. The van der Waals surface area contributed by atoms with Gasteiger partial charge in [-0.15, -0.1) is 0 Å². The minimum atomic E-state index is 0.430. The minimum absolute atomic E-state index is 0.430. The third-order valence-electron chi connectivity index (χ3n) is 3.38. The molecule has 0 fully saturated rings. The molecule has 92 valence electrons. The van der Waals surface area contributed by atoms with Crippen LogP contribution >= 0.6 is 0 Å². The maximum Gasteiger partial charge on any atom is 0.101 e. The van der Waals surface area contributed by atoms with Crippen LogP contribution in [0.1, 0.15) is 22.3 Å². The van der Waals surface area contributed by atoms with Crippen LogP contribution in [0.4, 0.5) is 0 Å². The average molecular weight is 254 g/mol. The average Bonchev–Trinajstić information content (AvgIpc) is 2.49. The summed E-state index contributed by atoms with van der Waals surface area (Å²) in [4.78, 5) is 0. The standard InChI is InChI=1S/C18H10N2/c19-11-17-15-7-3-1-5-13(15)9-10-14-6-2-4-8-16(14)18(17)12-20/h1-10H/b10-9-,13-9?,14-10?,17-15?,18-16?,18-17-. The van der Waals surface area contributed by atoms with Gasteiger partial charge < -0.3 is 0 Å². The molecule has 2 heteroatoms. The highest BCUT2D eigenvalue weighted by Crippen LogP contribution is 2.33. The predicted octanol–water partition coefficient (Wildman–Crippen LogP) is 4.13. The van der Waals surface area contributed by atoms with Crippen molar-refractivity contribution in [1.82, 2.24) is 0 Å². The number of hydrogen-bond donors (Lipinski definition) is 0. The van der Waals surface area contributed by atoms with Crippen molar-refractivity contribution in [3.05, 3.63) is 70.8 Å². The minimum Gasteiger partial charge on any atom is -0.192 e. The lowest BCUT2D eigenvalue weighted by atomic mass is 9.88. The molecule has 0 unspecified atom stereocenters. The Hall–Kier alpha value is -3.10. The number of allylic oxidation sites excluding steroid dienone is 2. The number of rotatable bonds is 0. The Labute approximate surface area is 117 Å². The molecule has 0 aromatic heterocycles. The van der Waals surface area contributed by atoms with Crippen LogP contribution in [0.3, 0.4) is 0 Å². The fraction of sp³-hybridized carbons (Fsp3) is 0. The van der Waals surface area contributed by atoms with Crippen LogP contribution in [0.5, 0.6) is 0 Å². The van der Waals surface area contributed by atoms with Crippen LogP contribution in [0.25, 0.3) is 23.3 Å². The largest absolute Gasteiger partial charge is 0.192 e. The van der Waals surface area contributed by atoms with Gasteiger partial charge >= 0.3 is 0 Å². The summed E-state index contributed by atoms with van der Waals surface area (Å²) in [5.74, 6) is 0. The highest BCUT2D eigenvalue weighted by molar-refractivity contribution is 6.07. The third-order valence-corrected chi connectivity index (χ3v) is 3.38. The molecule has 3 rings (SSSR count). The van der Waals surface area contributed by atoms with E-state index in [1.807, 2.05) is 60.7 Å². The molecule has 0 aliphatic heterocycles. The van der Waals surface area contributed by atoms with Crippen LogP contribution < -0.4 is 0 Å². The van der Waals surface area contributed by atoms with Crippen molar-refractivity contribution in [3.63, 3.8) is 0 Å². The molecule has 0 saturated heterocycles. The molecule has 1 aliphatic carbocycles. The second kappa shape index (κ2) is 4.88. The SMILES string of the molecule is N#C/C1=C(\C#N)c2ccccc2/C=C\c2ccccc21. The van der Waals surface area contributed by atoms with E-state index < -0.39 is 0 Å². The highest BCUT2D eigenvalue weighted by Gasteiger charge is 2.17. The van der Waals surface area contributed by atoms with Gasteiger partial charge in [0.2, 0.25) is 0 Å². The molecule has 0 amide bonds. The Balaban J connectivity index is 2.43. The fourth-order valence-electron chi connectivity index (χ4n) is 2.42. The van der Waals surface area contributed by atoms with E-state index in [0.29, 0.717) is 11.1 Å². The number of benzene rings is 2. The van der Waals surface area contributed by atoms with Gasteiger partial charge in [-0.25, -0.2) is 0 Å². The van der Waals surface area contributed by atoms with Gasteiger partial charge in [-0.3, -0.25) is 0 Å². The lowest BCUT2D eigenvalue weighted by Gasteiger charge is -2.13. The van der Waals surface area contributed by atoms with Gasteiger partial charge in [0.25, 0.3) is 0 Å². The summed E-state index contributed by atoms with van der Waals surface area (Å²) >= 11 is 0. The molecule has 0 atom stereocenters. The Bertz CT molecular complexity index is 757. The number of hydrogen-bond acceptors (Lipinski definition) is 2. The topological polar surface area (TPSA) is 47.6 Å². The summed E-state index contributed by atoms with van der Waals surface area (Å²) in [6.45, 7) is 0. The molecule has 0 radical (unpaired) electrons. The summed E-state index contributed by atoms with van der Waals surface area (Å²) in [6, 6.07) is 19.7. The van der Waals surface area contributed by atoms with E-state index >= 15 is 0 Å². The number of nitriles is 2. The van der Waals surface area contributed by atoms with Crippen molar-refractivity contribution in [2.75, 3.05) is 0 Å². The molecule has 0 heterocycles. The van der Waals surface area contributed by atoms with Gasteiger partial charge in [-0.1, -0.05) is 60.7 Å².